The highest BCUT2D eigenvalue weighted by Crippen LogP contribution is 2.40. The monoisotopic (exact) mass is 498 g/mol. The van der Waals surface area contributed by atoms with Gasteiger partial charge in [-0.05, 0) is 44.5 Å². The fraction of sp³-hybridized carbons (Fsp3) is 0.500. The Morgan fingerprint density at radius 1 is 1.11 bits per heavy atom. The smallest absolute Gasteiger partial charge is 0.336 e. The van der Waals surface area contributed by atoms with Crippen molar-refractivity contribution >= 4 is 35.2 Å². The molecule has 2 heterocycles. The van der Waals surface area contributed by atoms with Crippen molar-refractivity contribution in [2.45, 2.75) is 39.0 Å². The standard InChI is InChI=1S/C26H34N4O6/c1-16-21(24(32)35-3)23(22(17(2)28-16)25(33)36-4)18-7-5-8-19(15-18)29-26(34)27-11-6-12-30-13-9-20(31)10-14-30/h5,7-8,15,21,23H,6,9-14H2,1-4H3,(H2,27,29,34). The summed E-state index contributed by atoms with van der Waals surface area (Å²) < 4.78 is 10.0. The second kappa shape index (κ2) is 12.4. The van der Waals surface area contributed by atoms with Gasteiger partial charge in [0.2, 0.25) is 0 Å². The van der Waals surface area contributed by atoms with Gasteiger partial charge in [0, 0.05) is 55.5 Å². The average molecular weight is 499 g/mol. The van der Waals surface area contributed by atoms with Crippen molar-refractivity contribution in [3.05, 3.63) is 41.1 Å². The summed E-state index contributed by atoms with van der Waals surface area (Å²) in [7, 11) is 2.58. The molecule has 1 fully saturated rings. The maximum Gasteiger partial charge on any atom is 0.336 e. The predicted molar refractivity (Wildman–Crippen MR) is 135 cm³/mol. The fourth-order valence-corrected chi connectivity index (χ4v) is 4.72. The Balaban J connectivity index is 1.69. The highest BCUT2D eigenvalue weighted by atomic mass is 16.5. The van der Waals surface area contributed by atoms with Gasteiger partial charge in [-0.15, -0.1) is 0 Å². The third kappa shape index (κ3) is 6.57. The van der Waals surface area contributed by atoms with Crippen molar-refractivity contribution in [3.63, 3.8) is 0 Å². The number of ketones is 1. The van der Waals surface area contributed by atoms with E-state index in [-0.39, 0.29) is 11.6 Å². The molecule has 10 nitrogen and oxygen atoms in total. The van der Waals surface area contributed by atoms with E-state index in [4.69, 9.17) is 9.47 Å². The summed E-state index contributed by atoms with van der Waals surface area (Å²) in [6, 6.07) is 6.66. The van der Waals surface area contributed by atoms with Gasteiger partial charge in [-0.25, -0.2) is 9.59 Å². The number of esters is 2. The molecule has 10 heteroatoms. The molecule has 2 amide bonds. The lowest BCUT2D eigenvalue weighted by atomic mass is 9.75. The zero-order valence-electron chi connectivity index (χ0n) is 21.3. The zero-order valence-corrected chi connectivity index (χ0v) is 21.3. The van der Waals surface area contributed by atoms with Crippen LogP contribution in [0.4, 0.5) is 10.5 Å². The zero-order chi connectivity index (χ0) is 26.2. The number of rotatable bonds is 8. The number of urea groups is 1. The molecule has 2 atom stereocenters. The van der Waals surface area contributed by atoms with E-state index >= 15 is 0 Å². The number of aliphatic imine (C=N–C) groups is 1. The third-order valence-corrected chi connectivity index (χ3v) is 6.54. The number of nitrogens with zero attached hydrogens (tertiary/aromatic N) is 2. The topological polar surface area (TPSA) is 126 Å². The number of anilines is 1. The Kier molecular flexibility index (Phi) is 9.35. The number of carbonyl (C=O) groups is 4. The molecular weight excluding hydrogens is 464 g/mol. The second-order valence-corrected chi connectivity index (χ2v) is 8.96. The number of hydrogen-bond acceptors (Lipinski definition) is 8. The van der Waals surface area contributed by atoms with Gasteiger partial charge in [-0.2, -0.15) is 0 Å². The maximum atomic E-state index is 12.7. The van der Waals surface area contributed by atoms with Crippen LogP contribution >= 0.6 is 0 Å². The van der Waals surface area contributed by atoms with Crippen LogP contribution in [0.5, 0.6) is 0 Å². The summed E-state index contributed by atoms with van der Waals surface area (Å²) in [6.45, 7) is 6.29. The minimum Gasteiger partial charge on any atom is -0.468 e. The van der Waals surface area contributed by atoms with Crippen LogP contribution in [0.15, 0.2) is 40.5 Å². The molecule has 2 aliphatic heterocycles. The Labute approximate surface area is 211 Å². The number of piperidine rings is 1. The quantitative estimate of drug-likeness (QED) is 0.417. The Morgan fingerprint density at radius 3 is 2.50 bits per heavy atom. The first-order valence-electron chi connectivity index (χ1n) is 12.1. The summed E-state index contributed by atoms with van der Waals surface area (Å²) in [6.07, 6.45) is 1.97. The van der Waals surface area contributed by atoms with Crippen LogP contribution < -0.4 is 10.6 Å². The van der Waals surface area contributed by atoms with Crippen molar-refractivity contribution in [2.75, 3.05) is 45.7 Å². The number of amides is 2. The molecule has 2 unspecified atom stereocenters. The van der Waals surface area contributed by atoms with Crippen molar-refractivity contribution in [3.8, 4) is 0 Å². The number of benzene rings is 1. The molecule has 0 aliphatic carbocycles. The van der Waals surface area contributed by atoms with Gasteiger partial charge in [-0.1, -0.05) is 12.1 Å². The summed E-state index contributed by atoms with van der Waals surface area (Å²) >= 11 is 0. The molecule has 36 heavy (non-hydrogen) atoms. The molecule has 2 aliphatic rings. The molecule has 1 aromatic rings. The van der Waals surface area contributed by atoms with Crippen LogP contribution in [0.2, 0.25) is 0 Å². The molecule has 0 bridgehead atoms. The van der Waals surface area contributed by atoms with Crippen LogP contribution in [0, 0.1) is 5.92 Å². The summed E-state index contributed by atoms with van der Waals surface area (Å²) in [5.41, 5.74) is 2.45. The van der Waals surface area contributed by atoms with Gasteiger partial charge in [0.1, 0.15) is 11.7 Å². The number of carbonyl (C=O) groups excluding carboxylic acids is 4. The Hall–Kier alpha value is -3.53. The molecule has 0 radical (unpaired) electrons. The predicted octanol–water partition coefficient (Wildman–Crippen LogP) is 2.66. The van der Waals surface area contributed by atoms with Crippen LogP contribution in [0.3, 0.4) is 0 Å². The Bertz CT molecular complexity index is 1070. The van der Waals surface area contributed by atoms with Gasteiger partial charge >= 0.3 is 18.0 Å². The molecule has 3 rings (SSSR count). The maximum absolute atomic E-state index is 12.7. The number of allylic oxidation sites excluding steroid dienone is 1. The van der Waals surface area contributed by atoms with Crippen molar-refractivity contribution in [1.82, 2.24) is 10.2 Å². The van der Waals surface area contributed by atoms with Gasteiger partial charge in [0.15, 0.2) is 0 Å². The first-order chi connectivity index (χ1) is 17.2. The number of ether oxygens (including phenoxy) is 2. The SMILES string of the molecule is COC(=O)C1=C(C)N=C(C)C(C(=O)OC)C1c1cccc(NC(=O)NCCCN2CCC(=O)CC2)c1. The van der Waals surface area contributed by atoms with E-state index in [1.807, 2.05) is 0 Å². The second-order valence-electron chi connectivity index (χ2n) is 8.96. The number of Topliss-reactive ketones (excluding diaryl/α,β-unsaturated/α-hetero) is 1. The lowest BCUT2D eigenvalue weighted by Gasteiger charge is -2.31. The van der Waals surface area contributed by atoms with Crippen LogP contribution in [0.25, 0.3) is 0 Å². The van der Waals surface area contributed by atoms with Gasteiger partial charge in [-0.3, -0.25) is 14.6 Å². The molecule has 0 spiro atoms. The normalized spacial score (nSPS) is 20.4. The molecule has 0 aromatic heterocycles. The lowest BCUT2D eigenvalue weighted by Crippen LogP contribution is -2.37. The van der Waals surface area contributed by atoms with E-state index in [2.05, 4.69) is 20.5 Å². The highest BCUT2D eigenvalue weighted by molar-refractivity contribution is 6.07. The fourth-order valence-electron chi connectivity index (χ4n) is 4.72. The average Bonchev–Trinajstić information content (AvgIpc) is 2.86. The Morgan fingerprint density at radius 2 is 1.83 bits per heavy atom. The van der Waals surface area contributed by atoms with Crippen molar-refractivity contribution < 1.29 is 28.7 Å². The van der Waals surface area contributed by atoms with E-state index in [0.29, 0.717) is 47.8 Å². The van der Waals surface area contributed by atoms with Gasteiger partial charge in [0.05, 0.1) is 19.8 Å². The number of hydrogen-bond donors (Lipinski definition) is 2. The van der Waals surface area contributed by atoms with E-state index in [1.165, 1.54) is 14.2 Å². The van der Waals surface area contributed by atoms with Gasteiger partial charge in [0.25, 0.3) is 0 Å². The minimum atomic E-state index is -0.804. The first-order valence-corrected chi connectivity index (χ1v) is 12.1. The first kappa shape index (κ1) is 27.1. The van der Waals surface area contributed by atoms with E-state index in [9.17, 15) is 19.2 Å². The van der Waals surface area contributed by atoms with Crippen LogP contribution in [-0.4, -0.2) is 74.8 Å². The summed E-state index contributed by atoms with van der Waals surface area (Å²) in [5, 5.41) is 5.66. The van der Waals surface area contributed by atoms with E-state index in [0.717, 1.165) is 26.1 Å². The molecule has 1 aromatic carbocycles. The lowest BCUT2D eigenvalue weighted by molar-refractivity contribution is -0.143. The minimum absolute atomic E-state index is 0.277. The molecule has 2 N–H and O–H groups in total. The highest BCUT2D eigenvalue weighted by Gasteiger charge is 2.42. The van der Waals surface area contributed by atoms with Crippen molar-refractivity contribution in [2.24, 2.45) is 10.9 Å². The molecule has 1 saturated heterocycles. The number of nitrogens with one attached hydrogen (secondary N) is 2. The molecule has 0 saturated carbocycles. The number of methoxy groups -OCH3 is 2. The van der Waals surface area contributed by atoms with Gasteiger partial charge < -0.3 is 25.0 Å². The van der Waals surface area contributed by atoms with E-state index < -0.39 is 23.8 Å². The van der Waals surface area contributed by atoms with E-state index in [1.54, 1.807) is 38.1 Å². The number of likely N-dealkylation sites (tertiary alicyclic amines) is 1. The van der Waals surface area contributed by atoms with Crippen molar-refractivity contribution in [1.29, 1.82) is 0 Å². The van der Waals surface area contributed by atoms with Crippen LogP contribution in [0.1, 0.15) is 44.6 Å². The van der Waals surface area contributed by atoms with Crippen LogP contribution in [-0.2, 0) is 23.9 Å². The molecule has 194 valence electrons. The summed E-state index contributed by atoms with van der Waals surface area (Å²) in [4.78, 5) is 55.8. The largest absolute Gasteiger partial charge is 0.468 e. The third-order valence-electron chi connectivity index (χ3n) is 6.54. The molecular formula is C26H34N4O6. The summed E-state index contributed by atoms with van der Waals surface area (Å²) in [5.74, 6) is -2.25.